The van der Waals surface area contributed by atoms with Gasteiger partial charge in [-0.1, -0.05) is 20.8 Å². The minimum Gasteiger partial charge on any atom is -0.726 e. The predicted octanol–water partition coefficient (Wildman–Crippen LogP) is -2.64. The third kappa shape index (κ3) is 7.38. The Kier molecular flexibility index (Phi) is 12.2. The molecule has 0 radical (unpaired) electrons. The molecule has 0 aromatic heterocycles. The van der Waals surface area contributed by atoms with Crippen molar-refractivity contribution in [2.75, 3.05) is 6.61 Å². The largest absolute Gasteiger partial charge is 1.00 e. The van der Waals surface area contributed by atoms with Crippen molar-refractivity contribution >= 4 is 20.8 Å². The van der Waals surface area contributed by atoms with Crippen LogP contribution >= 0.6 is 0 Å². The van der Waals surface area contributed by atoms with Crippen LogP contribution in [0.2, 0.25) is 0 Å². The summed E-state index contributed by atoms with van der Waals surface area (Å²) in [4.78, 5) is 0. The predicted molar refractivity (Wildman–Crippen MR) is 125 cm³/mol. The van der Waals surface area contributed by atoms with Gasteiger partial charge in [0.25, 0.3) is 0 Å². The minimum atomic E-state index is -5.10. The van der Waals surface area contributed by atoms with Crippen LogP contribution in [0.1, 0.15) is 85.0 Å². The zero-order valence-corrected chi connectivity index (χ0v) is 28.6. The van der Waals surface area contributed by atoms with Crippen molar-refractivity contribution in [2.45, 2.75) is 97.2 Å². The number of hydrogen-bond donors (Lipinski definition) is 1. The van der Waals surface area contributed by atoms with Crippen LogP contribution in [-0.2, 0) is 29.2 Å². The summed E-state index contributed by atoms with van der Waals surface area (Å²) in [5.41, 5.74) is -0.0862. The molecule has 0 aromatic carbocycles. The summed E-state index contributed by atoms with van der Waals surface area (Å²) in [7, 11) is -10.2. The molecule has 4 aliphatic carbocycles. The van der Waals surface area contributed by atoms with Crippen molar-refractivity contribution in [1.29, 1.82) is 0 Å². The van der Waals surface area contributed by atoms with E-state index >= 15 is 0 Å². The Morgan fingerprint density at radius 3 is 2.08 bits per heavy atom. The van der Waals surface area contributed by atoms with E-state index in [4.69, 9.17) is 8.37 Å². The molecule has 0 heterocycles. The number of rotatable bonds is 8. The van der Waals surface area contributed by atoms with Gasteiger partial charge in [-0.3, -0.25) is 8.37 Å². The first-order valence-corrected chi connectivity index (χ1v) is 15.7. The second-order valence-electron chi connectivity index (χ2n) is 12.3. The van der Waals surface area contributed by atoms with Crippen LogP contribution < -0.4 is 59.1 Å². The molecule has 0 aliphatic heterocycles. The fourth-order valence-corrected chi connectivity index (χ4v) is 10.3. The van der Waals surface area contributed by atoms with Crippen molar-refractivity contribution < 1.29 is 98.5 Å². The van der Waals surface area contributed by atoms with E-state index in [1.807, 2.05) is 0 Å². The minimum absolute atomic E-state index is 0. The summed E-state index contributed by atoms with van der Waals surface area (Å²) in [6, 6.07) is 0. The molecule has 4 rings (SSSR count). The summed E-state index contributed by atoms with van der Waals surface area (Å²) in [5.74, 6) is 2.61. The van der Waals surface area contributed by atoms with Gasteiger partial charge in [0.2, 0.25) is 20.8 Å². The quantitative estimate of drug-likeness (QED) is 0.184. The zero-order chi connectivity index (χ0) is 25.8. The average molecular weight is 583 g/mol. The summed E-state index contributed by atoms with van der Waals surface area (Å²) in [6.07, 6.45) is 5.97. The van der Waals surface area contributed by atoms with E-state index in [2.05, 4.69) is 20.8 Å². The van der Waals surface area contributed by atoms with Gasteiger partial charge in [0.15, 0.2) is 0 Å². The van der Waals surface area contributed by atoms with Crippen LogP contribution in [0.25, 0.3) is 0 Å². The van der Waals surface area contributed by atoms with Gasteiger partial charge in [0.1, 0.15) is 12.2 Å². The summed E-state index contributed by atoms with van der Waals surface area (Å²) in [6.45, 7) is 7.11. The Bertz CT molecular complexity index is 994. The van der Waals surface area contributed by atoms with E-state index in [0.29, 0.717) is 29.6 Å². The van der Waals surface area contributed by atoms with Crippen molar-refractivity contribution in [3.05, 3.63) is 0 Å². The third-order valence-electron chi connectivity index (χ3n) is 10.7. The molecule has 1 N–H and O–H groups in total. The van der Waals surface area contributed by atoms with E-state index in [-0.39, 0.29) is 95.3 Å². The molecule has 4 fully saturated rings. The van der Waals surface area contributed by atoms with Crippen LogP contribution in [0.4, 0.5) is 0 Å². The summed E-state index contributed by atoms with van der Waals surface area (Å²) < 4.78 is 77.8. The molecule has 37 heavy (non-hydrogen) atoms. The maximum absolute atomic E-state index is 11.4. The first-order chi connectivity index (χ1) is 16.2. The van der Waals surface area contributed by atoms with Gasteiger partial charge in [0.05, 0.1) is 0 Å². The number of aliphatic hydroxyl groups excluding tert-OH is 1. The molecular formula is C24H40Na2O9S2. The van der Waals surface area contributed by atoms with Gasteiger partial charge >= 0.3 is 59.1 Å². The normalized spacial score (nSPS) is 42.4. The van der Waals surface area contributed by atoms with Crippen molar-refractivity contribution in [3.8, 4) is 0 Å². The van der Waals surface area contributed by atoms with Gasteiger partial charge in [0, 0.05) is 6.61 Å². The summed E-state index contributed by atoms with van der Waals surface area (Å²) in [5, 5.41) is 9.29. The van der Waals surface area contributed by atoms with E-state index in [9.17, 15) is 31.0 Å². The monoisotopic (exact) mass is 582 g/mol. The zero-order valence-electron chi connectivity index (χ0n) is 22.9. The van der Waals surface area contributed by atoms with Crippen molar-refractivity contribution in [3.63, 3.8) is 0 Å². The topological polar surface area (TPSA) is 153 Å². The van der Waals surface area contributed by atoms with E-state index in [1.54, 1.807) is 0 Å². The van der Waals surface area contributed by atoms with Crippen LogP contribution in [-0.4, -0.2) is 49.9 Å². The first kappa shape index (κ1) is 34.9. The fraction of sp³-hybridized carbons (Fsp3) is 1.00. The molecule has 9 nitrogen and oxygen atoms in total. The molecule has 13 heteroatoms. The Morgan fingerprint density at radius 1 is 0.892 bits per heavy atom. The smallest absolute Gasteiger partial charge is 0.726 e. The molecule has 0 unspecified atom stereocenters. The molecule has 4 saturated carbocycles. The molecular weight excluding hydrogens is 542 g/mol. The second-order valence-corrected chi connectivity index (χ2v) is 14.3. The molecule has 0 amide bonds. The molecule has 0 aromatic rings. The molecule has 204 valence electrons. The average Bonchev–Trinajstić information content (AvgIpc) is 3.08. The van der Waals surface area contributed by atoms with Crippen LogP contribution in [0.3, 0.4) is 0 Å². The standard InChI is InChI=1S/C24H42O9S2.2Na/c1-15(5-4-12-25)18-8-9-19-17-7-6-16-13-21(32-34(26,27)28)22(33-35(29,30)31)14-24(16,3)20(17)10-11-23(18,19)2;;/h15-22,25H,4-14H2,1-3H3,(H,26,27,28)(H,29,30,31);;/q;2*+1/p-2/t15-,16+,17+,18-,19+,20+,21+,22+,23-,24+;;/m1../s1. The third-order valence-corrected chi connectivity index (χ3v) is 11.7. The van der Waals surface area contributed by atoms with Crippen molar-refractivity contribution in [2.24, 2.45) is 46.3 Å². The van der Waals surface area contributed by atoms with Gasteiger partial charge in [-0.2, -0.15) is 0 Å². The number of fused-ring (bicyclic) bond motifs is 5. The van der Waals surface area contributed by atoms with Crippen LogP contribution in [0.5, 0.6) is 0 Å². The summed E-state index contributed by atoms with van der Waals surface area (Å²) >= 11 is 0. The van der Waals surface area contributed by atoms with E-state index in [1.165, 1.54) is 12.8 Å². The Labute approximate surface area is 267 Å². The van der Waals surface area contributed by atoms with Gasteiger partial charge in [-0.25, -0.2) is 16.8 Å². The van der Waals surface area contributed by atoms with Crippen LogP contribution in [0, 0.1) is 46.3 Å². The molecule has 0 spiro atoms. The van der Waals surface area contributed by atoms with Crippen LogP contribution in [0.15, 0.2) is 0 Å². The SMILES string of the molecule is C[C@H](CCCO)[C@H]1CC[C@H]2[C@@H]3CC[C@H]4C[C@H](OS(=O)(=O)[O-])[C@@H](OS(=O)(=O)[O-])C[C@]4(C)[C@H]3CC[C@]12C.[Na+].[Na+]. The second kappa shape index (κ2) is 12.9. The van der Waals surface area contributed by atoms with E-state index < -0.39 is 33.0 Å². The molecule has 10 atom stereocenters. The molecule has 0 bridgehead atoms. The van der Waals surface area contributed by atoms with Gasteiger partial charge in [-0.15, -0.1) is 0 Å². The van der Waals surface area contributed by atoms with Gasteiger partial charge in [-0.05, 0) is 111 Å². The Balaban J connectivity index is 0.00000241. The molecule has 0 saturated heterocycles. The maximum atomic E-state index is 11.4. The Morgan fingerprint density at radius 2 is 1.49 bits per heavy atom. The maximum Gasteiger partial charge on any atom is 1.00 e. The number of hydrogen-bond acceptors (Lipinski definition) is 9. The van der Waals surface area contributed by atoms with E-state index in [0.717, 1.165) is 38.5 Å². The number of aliphatic hydroxyl groups is 1. The molecule has 4 aliphatic rings. The fourth-order valence-electron chi connectivity index (χ4n) is 9.33. The van der Waals surface area contributed by atoms with Gasteiger partial charge < -0.3 is 14.2 Å². The first-order valence-electron chi connectivity index (χ1n) is 13.1. The Hall–Kier alpha value is 1.70. The van der Waals surface area contributed by atoms with Crippen molar-refractivity contribution in [1.82, 2.24) is 0 Å².